The van der Waals surface area contributed by atoms with Crippen molar-refractivity contribution in [3.63, 3.8) is 0 Å². The van der Waals surface area contributed by atoms with Crippen molar-refractivity contribution in [1.82, 2.24) is 15.0 Å². The van der Waals surface area contributed by atoms with Crippen molar-refractivity contribution in [2.24, 2.45) is 5.92 Å². The topological polar surface area (TPSA) is 51.4 Å². The van der Waals surface area contributed by atoms with E-state index < -0.39 is 0 Å². The van der Waals surface area contributed by atoms with Crippen molar-refractivity contribution in [3.8, 4) is 0 Å². The predicted octanol–water partition coefficient (Wildman–Crippen LogP) is 2.20. The van der Waals surface area contributed by atoms with E-state index in [-0.39, 0.29) is 6.10 Å². The molecular formula is C14H23N3O2. The Hall–Kier alpha value is -0.940. The third-order valence-corrected chi connectivity index (χ3v) is 4.25. The number of hydrogen-bond donors (Lipinski definition) is 0. The molecule has 0 aromatic carbocycles. The van der Waals surface area contributed by atoms with E-state index >= 15 is 0 Å². The smallest absolute Gasteiger partial charge is 0.255 e. The molecule has 2 aliphatic heterocycles. The van der Waals surface area contributed by atoms with E-state index in [2.05, 4.69) is 22.1 Å². The molecule has 106 valence electrons. The average molecular weight is 265 g/mol. The molecule has 1 aromatic rings. The summed E-state index contributed by atoms with van der Waals surface area (Å²) in [5.74, 6) is 2.25. The molecule has 0 bridgehead atoms. The van der Waals surface area contributed by atoms with Crippen molar-refractivity contribution in [3.05, 3.63) is 11.7 Å². The van der Waals surface area contributed by atoms with E-state index in [0.717, 1.165) is 31.7 Å². The zero-order valence-electron chi connectivity index (χ0n) is 11.7. The number of rotatable bonds is 3. The van der Waals surface area contributed by atoms with E-state index in [0.29, 0.717) is 11.8 Å². The molecule has 0 radical (unpaired) electrons. The van der Waals surface area contributed by atoms with Crippen molar-refractivity contribution in [1.29, 1.82) is 0 Å². The van der Waals surface area contributed by atoms with Crippen molar-refractivity contribution in [2.45, 2.75) is 44.6 Å². The second-order valence-corrected chi connectivity index (χ2v) is 5.85. The molecule has 19 heavy (non-hydrogen) atoms. The van der Waals surface area contributed by atoms with Gasteiger partial charge in [-0.1, -0.05) is 5.16 Å². The predicted molar refractivity (Wildman–Crippen MR) is 70.8 cm³/mol. The quantitative estimate of drug-likeness (QED) is 0.838. The highest BCUT2D eigenvalue weighted by Gasteiger charge is 2.24. The minimum Gasteiger partial charge on any atom is -0.368 e. The molecule has 2 aliphatic rings. The van der Waals surface area contributed by atoms with Crippen LogP contribution in [0.25, 0.3) is 0 Å². The molecule has 5 nitrogen and oxygen atoms in total. The summed E-state index contributed by atoms with van der Waals surface area (Å²) >= 11 is 0. The van der Waals surface area contributed by atoms with Gasteiger partial charge in [0, 0.05) is 13.0 Å². The molecule has 5 heteroatoms. The molecule has 0 saturated carbocycles. The Bertz CT molecular complexity index is 393. The molecule has 3 heterocycles. The van der Waals surface area contributed by atoms with Crippen LogP contribution in [0.1, 0.15) is 49.9 Å². The first-order valence-corrected chi connectivity index (χ1v) is 7.44. The first-order valence-electron chi connectivity index (χ1n) is 7.44. The first-order chi connectivity index (χ1) is 9.31. The Labute approximate surface area is 114 Å². The van der Waals surface area contributed by atoms with Crippen LogP contribution in [-0.4, -0.2) is 41.8 Å². The van der Waals surface area contributed by atoms with Gasteiger partial charge in [0.05, 0.1) is 0 Å². The van der Waals surface area contributed by atoms with Gasteiger partial charge in [-0.15, -0.1) is 0 Å². The maximum Gasteiger partial charge on any atom is 0.255 e. The summed E-state index contributed by atoms with van der Waals surface area (Å²) in [6, 6.07) is 0. The number of hydrogen-bond acceptors (Lipinski definition) is 5. The normalized spacial score (nSPS) is 26.7. The lowest BCUT2D eigenvalue weighted by molar-refractivity contribution is -0.00459. The molecule has 1 aromatic heterocycles. The average Bonchev–Trinajstić information content (AvgIpc) is 2.91. The third-order valence-electron chi connectivity index (χ3n) is 4.25. The number of piperidine rings is 1. The summed E-state index contributed by atoms with van der Waals surface area (Å²) in [5.41, 5.74) is 0. The van der Waals surface area contributed by atoms with E-state index in [1.807, 2.05) is 0 Å². The van der Waals surface area contributed by atoms with Crippen LogP contribution in [0, 0.1) is 5.92 Å². The van der Waals surface area contributed by atoms with E-state index in [1.165, 1.54) is 32.4 Å². The van der Waals surface area contributed by atoms with Gasteiger partial charge in [0.1, 0.15) is 6.10 Å². The van der Waals surface area contributed by atoms with Crippen molar-refractivity contribution in [2.75, 3.05) is 26.7 Å². The molecule has 0 N–H and O–H groups in total. The van der Waals surface area contributed by atoms with E-state index in [9.17, 15) is 0 Å². The van der Waals surface area contributed by atoms with Gasteiger partial charge in [-0.05, 0) is 58.2 Å². The number of nitrogens with zero attached hydrogens (tertiary/aromatic N) is 3. The van der Waals surface area contributed by atoms with Gasteiger partial charge >= 0.3 is 0 Å². The summed E-state index contributed by atoms with van der Waals surface area (Å²) in [6.45, 7) is 3.18. The van der Waals surface area contributed by atoms with Crippen LogP contribution >= 0.6 is 0 Å². The SMILES string of the molecule is CN1CCC(Cc2noc([C@H]3CCCCO3)n2)CC1. The first kappa shape index (κ1) is 13.1. The highest BCUT2D eigenvalue weighted by Crippen LogP contribution is 2.27. The summed E-state index contributed by atoms with van der Waals surface area (Å²) < 4.78 is 11.0. The summed E-state index contributed by atoms with van der Waals surface area (Å²) in [7, 11) is 2.18. The van der Waals surface area contributed by atoms with Crippen LogP contribution in [0.2, 0.25) is 0 Å². The largest absolute Gasteiger partial charge is 0.368 e. The van der Waals surface area contributed by atoms with Gasteiger partial charge < -0.3 is 14.2 Å². The Morgan fingerprint density at radius 2 is 2.05 bits per heavy atom. The molecule has 2 fully saturated rings. The molecule has 0 aliphatic carbocycles. The summed E-state index contributed by atoms with van der Waals surface area (Å²) in [6.07, 6.45) is 6.80. The van der Waals surface area contributed by atoms with Gasteiger partial charge in [0.2, 0.25) is 0 Å². The Balaban J connectivity index is 1.55. The Kier molecular flexibility index (Phi) is 4.13. The third kappa shape index (κ3) is 3.34. The molecule has 0 unspecified atom stereocenters. The van der Waals surface area contributed by atoms with E-state index in [4.69, 9.17) is 9.26 Å². The molecule has 3 rings (SSSR count). The molecule has 1 atom stereocenters. The van der Waals surface area contributed by atoms with Gasteiger partial charge in [-0.25, -0.2) is 0 Å². The number of likely N-dealkylation sites (tertiary alicyclic amines) is 1. The van der Waals surface area contributed by atoms with Crippen molar-refractivity contribution >= 4 is 0 Å². The maximum atomic E-state index is 5.68. The van der Waals surface area contributed by atoms with E-state index in [1.54, 1.807) is 0 Å². The fraction of sp³-hybridized carbons (Fsp3) is 0.857. The molecule has 0 spiro atoms. The van der Waals surface area contributed by atoms with Crippen LogP contribution in [0.3, 0.4) is 0 Å². The molecule has 2 saturated heterocycles. The van der Waals surface area contributed by atoms with Gasteiger partial charge in [0.15, 0.2) is 5.82 Å². The zero-order chi connectivity index (χ0) is 13.1. The number of ether oxygens (including phenoxy) is 1. The fourth-order valence-corrected chi connectivity index (χ4v) is 2.94. The van der Waals surface area contributed by atoms with Crippen LogP contribution in [-0.2, 0) is 11.2 Å². The summed E-state index contributed by atoms with van der Waals surface area (Å²) in [5, 5.41) is 4.12. The highest BCUT2D eigenvalue weighted by atomic mass is 16.5. The van der Waals surface area contributed by atoms with Crippen LogP contribution in [0.5, 0.6) is 0 Å². The van der Waals surface area contributed by atoms with Gasteiger partial charge in [-0.2, -0.15) is 4.98 Å². The van der Waals surface area contributed by atoms with Gasteiger partial charge in [0.25, 0.3) is 5.89 Å². The van der Waals surface area contributed by atoms with Crippen LogP contribution in [0.15, 0.2) is 4.52 Å². The van der Waals surface area contributed by atoms with Crippen molar-refractivity contribution < 1.29 is 9.26 Å². The fourth-order valence-electron chi connectivity index (χ4n) is 2.94. The zero-order valence-corrected chi connectivity index (χ0v) is 11.7. The summed E-state index contributed by atoms with van der Waals surface area (Å²) in [4.78, 5) is 6.91. The second-order valence-electron chi connectivity index (χ2n) is 5.85. The molecule has 0 amide bonds. The van der Waals surface area contributed by atoms with Crippen LogP contribution < -0.4 is 0 Å². The lowest BCUT2D eigenvalue weighted by Gasteiger charge is -2.28. The monoisotopic (exact) mass is 265 g/mol. The lowest BCUT2D eigenvalue weighted by atomic mass is 9.93. The Morgan fingerprint density at radius 1 is 1.21 bits per heavy atom. The Morgan fingerprint density at radius 3 is 2.79 bits per heavy atom. The van der Waals surface area contributed by atoms with Crippen LogP contribution in [0.4, 0.5) is 0 Å². The molecular weight excluding hydrogens is 242 g/mol. The lowest BCUT2D eigenvalue weighted by Crippen LogP contribution is -2.31. The minimum atomic E-state index is 0.0347. The standard InChI is InChI=1S/C14H23N3O2/c1-17-7-5-11(6-8-17)10-13-15-14(19-16-13)12-4-2-3-9-18-12/h11-12H,2-10H2,1H3/t12-/m1/s1. The number of aromatic nitrogens is 2. The highest BCUT2D eigenvalue weighted by molar-refractivity contribution is 4.93. The van der Waals surface area contributed by atoms with Gasteiger partial charge in [-0.3, -0.25) is 0 Å². The second kappa shape index (κ2) is 6.01. The minimum absolute atomic E-state index is 0.0347. The maximum absolute atomic E-state index is 5.68.